The molecule has 0 unspecified atom stereocenters. The molecule has 0 aliphatic heterocycles. The van der Waals surface area contributed by atoms with Crippen molar-refractivity contribution in [2.75, 3.05) is 19.6 Å². The van der Waals surface area contributed by atoms with Crippen LogP contribution in [-0.4, -0.2) is 38.9 Å². The molecule has 0 aliphatic carbocycles. The van der Waals surface area contributed by atoms with Gasteiger partial charge in [-0.05, 0) is 25.0 Å². The predicted molar refractivity (Wildman–Crippen MR) is 81.3 cm³/mol. The first-order valence-electron chi connectivity index (χ1n) is 6.54. The Hall–Kier alpha value is -0.920. The lowest BCUT2D eigenvalue weighted by Crippen LogP contribution is -2.39. The molecule has 1 N–H and O–H groups in total. The van der Waals surface area contributed by atoms with Gasteiger partial charge in [-0.2, -0.15) is 0 Å². The van der Waals surface area contributed by atoms with Crippen molar-refractivity contribution < 1.29 is 13.2 Å². The minimum atomic E-state index is -3.46. The molecule has 1 amide bonds. The predicted octanol–water partition coefficient (Wildman–Crippen LogP) is 1.84. The smallest absolute Gasteiger partial charge is 0.250 e. The number of carbonyl (C=O) groups is 1. The average Bonchev–Trinajstić information content (AvgIpc) is 2.74. The van der Waals surface area contributed by atoms with E-state index in [9.17, 15) is 13.2 Å². The summed E-state index contributed by atoms with van der Waals surface area (Å²) in [6, 6.07) is 3.37. The molecular formula is C13H22N2O3S2. The summed E-state index contributed by atoms with van der Waals surface area (Å²) in [4.78, 5) is 14.1. The van der Waals surface area contributed by atoms with Crippen LogP contribution < -0.4 is 4.72 Å². The maximum absolute atomic E-state index is 12.0. The third-order valence-electron chi connectivity index (χ3n) is 2.69. The first kappa shape index (κ1) is 17.1. The minimum Gasteiger partial charge on any atom is -0.341 e. The van der Waals surface area contributed by atoms with Crippen LogP contribution in [0.1, 0.15) is 25.6 Å². The van der Waals surface area contributed by atoms with Gasteiger partial charge in [-0.3, -0.25) is 4.79 Å². The van der Waals surface area contributed by atoms with Crippen LogP contribution in [-0.2, 0) is 14.8 Å². The number of nitrogens with zero attached hydrogens (tertiary/aromatic N) is 1. The van der Waals surface area contributed by atoms with Gasteiger partial charge in [0.05, 0.1) is 0 Å². The molecular weight excluding hydrogens is 296 g/mol. The summed E-state index contributed by atoms with van der Waals surface area (Å²) in [6.07, 6.45) is 0. The van der Waals surface area contributed by atoms with E-state index >= 15 is 0 Å². The standard InChI is InChI=1S/C13H22N2O3S2/c1-10(2)9-15(12(4)16)8-7-14-20(17,18)13-6-5-11(3)19-13/h5-6,10,14H,7-9H2,1-4H3. The molecule has 0 saturated heterocycles. The highest BCUT2D eigenvalue weighted by Crippen LogP contribution is 2.20. The van der Waals surface area contributed by atoms with Gasteiger partial charge >= 0.3 is 0 Å². The Morgan fingerprint density at radius 2 is 2.05 bits per heavy atom. The van der Waals surface area contributed by atoms with Gasteiger partial charge in [-0.1, -0.05) is 13.8 Å². The molecule has 0 atom stereocenters. The normalized spacial score (nSPS) is 11.8. The van der Waals surface area contributed by atoms with Crippen LogP contribution in [0.3, 0.4) is 0 Å². The largest absolute Gasteiger partial charge is 0.341 e. The summed E-state index contributed by atoms with van der Waals surface area (Å²) in [7, 11) is -3.46. The van der Waals surface area contributed by atoms with Crippen molar-refractivity contribution in [3.63, 3.8) is 0 Å². The number of amides is 1. The number of sulfonamides is 1. The van der Waals surface area contributed by atoms with Crippen molar-refractivity contribution in [2.45, 2.75) is 31.9 Å². The lowest BCUT2D eigenvalue weighted by atomic mass is 10.2. The molecule has 7 heteroatoms. The van der Waals surface area contributed by atoms with Gasteiger partial charge in [0.15, 0.2) is 0 Å². The molecule has 114 valence electrons. The Bertz CT molecular complexity index is 550. The number of rotatable bonds is 7. The zero-order valence-corrected chi connectivity index (χ0v) is 14.0. The molecule has 0 aliphatic rings. The third-order valence-corrected chi connectivity index (χ3v) is 5.64. The van der Waals surface area contributed by atoms with Crippen molar-refractivity contribution in [3.05, 3.63) is 17.0 Å². The van der Waals surface area contributed by atoms with Gasteiger partial charge < -0.3 is 4.90 Å². The van der Waals surface area contributed by atoms with E-state index in [1.54, 1.807) is 17.0 Å². The van der Waals surface area contributed by atoms with Gasteiger partial charge in [0.25, 0.3) is 0 Å². The fourth-order valence-electron chi connectivity index (χ4n) is 1.76. The van der Waals surface area contributed by atoms with Gasteiger partial charge in [0.1, 0.15) is 4.21 Å². The fraction of sp³-hybridized carbons (Fsp3) is 0.615. The van der Waals surface area contributed by atoms with Crippen LogP contribution in [0, 0.1) is 12.8 Å². The quantitative estimate of drug-likeness (QED) is 0.834. The van der Waals surface area contributed by atoms with Crippen molar-refractivity contribution in [3.8, 4) is 0 Å². The number of aryl methyl sites for hydroxylation is 1. The van der Waals surface area contributed by atoms with Crippen LogP contribution in [0.2, 0.25) is 0 Å². The average molecular weight is 318 g/mol. The minimum absolute atomic E-state index is 0.0372. The van der Waals surface area contributed by atoms with E-state index in [2.05, 4.69) is 4.72 Å². The van der Waals surface area contributed by atoms with Gasteiger partial charge in [0.2, 0.25) is 15.9 Å². The van der Waals surface area contributed by atoms with Crippen LogP contribution in [0.4, 0.5) is 0 Å². The SMILES string of the molecule is CC(=O)N(CCNS(=O)(=O)c1ccc(C)s1)CC(C)C. The maximum atomic E-state index is 12.0. The highest BCUT2D eigenvalue weighted by molar-refractivity contribution is 7.91. The lowest BCUT2D eigenvalue weighted by molar-refractivity contribution is -0.129. The molecule has 1 aromatic rings. The Morgan fingerprint density at radius 1 is 1.40 bits per heavy atom. The fourth-order valence-corrected chi connectivity index (χ4v) is 4.11. The van der Waals surface area contributed by atoms with Crippen molar-refractivity contribution >= 4 is 27.3 Å². The first-order chi connectivity index (χ1) is 9.22. The molecule has 0 bridgehead atoms. The van der Waals surface area contributed by atoms with E-state index in [0.717, 1.165) is 4.88 Å². The zero-order chi connectivity index (χ0) is 15.3. The topological polar surface area (TPSA) is 66.5 Å². The Kier molecular flexibility index (Phi) is 6.16. The summed E-state index contributed by atoms with van der Waals surface area (Å²) in [5.41, 5.74) is 0. The van der Waals surface area contributed by atoms with E-state index in [1.807, 2.05) is 20.8 Å². The summed E-state index contributed by atoms with van der Waals surface area (Å²) in [5, 5.41) is 0. The van der Waals surface area contributed by atoms with Crippen LogP contribution in [0.5, 0.6) is 0 Å². The Labute approximate surface area is 125 Å². The second-order valence-corrected chi connectivity index (χ2v) is 8.40. The van der Waals surface area contributed by atoms with Gasteiger partial charge in [-0.25, -0.2) is 13.1 Å². The molecule has 5 nitrogen and oxygen atoms in total. The summed E-state index contributed by atoms with van der Waals surface area (Å²) in [6.45, 7) is 8.66. The molecule has 0 radical (unpaired) electrons. The van der Waals surface area contributed by atoms with Crippen molar-refractivity contribution in [1.82, 2.24) is 9.62 Å². The van der Waals surface area contributed by atoms with E-state index < -0.39 is 10.0 Å². The molecule has 20 heavy (non-hydrogen) atoms. The third kappa shape index (κ3) is 5.22. The molecule has 0 fully saturated rings. The summed E-state index contributed by atoms with van der Waals surface area (Å²) >= 11 is 1.24. The second-order valence-electron chi connectivity index (χ2n) is 5.12. The van der Waals surface area contributed by atoms with Crippen molar-refractivity contribution in [1.29, 1.82) is 0 Å². The van der Waals surface area contributed by atoms with E-state index in [1.165, 1.54) is 18.3 Å². The maximum Gasteiger partial charge on any atom is 0.250 e. The van der Waals surface area contributed by atoms with Crippen LogP contribution in [0.15, 0.2) is 16.3 Å². The molecule has 1 heterocycles. The highest BCUT2D eigenvalue weighted by atomic mass is 32.2. The second kappa shape index (κ2) is 7.19. The summed E-state index contributed by atoms with van der Waals surface area (Å²) < 4.78 is 26.9. The lowest BCUT2D eigenvalue weighted by Gasteiger charge is -2.23. The van der Waals surface area contributed by atoms with Gasteiger partial charge in [-0.15, -0.1) is 11.3 Å². The Balaban J connectivity index is 2.56. The Morgan fingerprint density at radius 3 is 2.50 bits per heavy atom. The summed E-state index contributed by atoms with van der Waals surface area (Å²) in [5.74, 6) is 0.320. The number of nitrogens with one attached hydrogen (secondary N) is 1. The van der Waals surface area contributed by atoms with Crippen LogP contribution in [0.25, 0.3) is 0 Å². The van der Waals surface area contributed by atoms with E-state index in [0.29, 0.717) is 23.2 Å². The highest BCUT2D eigenvalue weighted by Gasteiger charge is 2.17. The van der Waals surface area contributed by atoms with Crippen molar-refractivity contribution in [2.24, 2.45) is 5.92 Å². The molecule has 0 spiro atoms. The van der Waals surface area contributed by atoms with E-state index in [4.69, 9.17) is 0 Å². The number of hydrogen-bond donors (Lipinski definition) is 1. The van der Waals surface area contributed by atoms with Gasteiger partial charge in [0, 0.05) is 31.4 Å². The molecule has 1 aromatic heterocycles. The molecule has 0 saturated carbocycles. The monoisotopic (exact) mass is 318 g/mol. The van der Waals surface area contributed by atoms with Crippen LogP contribution >= 0.6 is 11.3 Å². The van der Waals surface area contributed by atoms with E-state index in [-0.39, 0.29) is 12.5 Å². The number of thiophene rings is 1. The first-order valence-corrected chi connectivity index (χ1v) is 8.84. The number of hydrogen-bond acceptors (Lipinski definition) is 4. The zero-order valence-electron chi connectivity index (χ0n) is 12.3. The molecule has 0 aromatic carbocycles. The number of carbonyl (C=O) groups excluding carboxylic acids is 1. The molecule has 1 rings (SSSR count).